The normalized spacial score (nSPS) is 16.9. The first-order valence-electron chi connectivity index (χ1n) is 11.2. The molecule has 1 saturated heterocycles. The first-order chi connectivity index (χ1) is 16.0. The molecule has 1 aromatic heterocycles. The summed E-state index contributed by atoms with van der Waals surface area (Å²) in [5.74, 6) is 0.0212. The third-order valence-corrected chi connectivity index (χ3v) is 6.08. The van der Waals surface area contributed by atoms with Gasteiger partial charge < -0.3 is 19.4 Å². The van der Waals surface area contributed by atoms with E-state index in [1.165, 1.54) is 6.26 Å². The number of hydrogen-bond donors (Lipinski definition) is 1. The van der Waals surface area contributed by atoms with E-state index in [9.17, 15) is 9.59 Å². The van der Waals surface area contributed by atoms with E-state index >= 15 is 0 Å². The zero-order valence-electron chi connectivity index (χ0n) is 19.0. The van der Waals surface area contributed by atoms with Gasteiger partial charge in [0.05, 0.1) is 12.0 Å². The van der Waals surface area contributed by atoms with Crippen LogP contribution in [0.4, 0.5) is 0 Å². The molecule has 7 nitrogen and oxygen atoms in total. The van der Waals surface area contributed by atoms with Gasteiger partial charge in [0.2, 0.25) is 11.8 Å². The lowest BCUT2D eigenvalue weighted by Crippen LogP contribution is -2.43. The number of carbonyl (C=O) groups excluding carboxylic acids is 2. The summed E-state index contributed by atoms with van der Waals surface area (Å²) in [4.78, 5) is 31.4. The van der Waals surface area contributed by atoms with Gasteiger partial charge in [0.15, 0.2) is 5.69 Å². The molecule has 2 unspecified atom stereocenters. The van der Waals surface area contributed by atoms with Crippen molar-refractivity contribution in [1.29, 1.82) is 0 Å². The standard InChI is InChI=1S/C26H29N3O4/c1-18(20-7-4-3-5-8-20)24(30)27-15-19-10-12-21(13-11-19)25-28-23(17-33-25)26(31)29-14-6-9-22(16-29)32-2/h3-5,7-8,10-13,17-18,22H,6,9,14-16H2,1-2H3,(H,27,30). The van der Waals surface area contributed by atoms with Crippen LogP contribution in [0.2, 0.25) is 0 Å². The highest BCUT2D eigenvalue weighted by Crippen LogP contribution is 2.22. The van der Waals surface area contributed by atoms with Crippen LogP contribution in [-0.4, -0.2) is 48.0 Å². The maximum absolute atomic E-state index is 12.8. The number of oxazole rings is 1. The third kappa shape index (κ3) is 5.49. The Morgan fingerprint density at radius 2 is 1.94 bits per heavy atom. The Hall–Kier alpha value is -3.45. The van der Waals surface area contributed by atoms with E-state index in [2.05, 4.69) is 10.3 Å². The van der Waals surface area contributed by atoms with Gasteiger partial charge in [-0.2, -0.15) is 0 Å². The first-order valence-corrected chi connectivity index (χ1v) is 11.2. The molecule has 1 aliphatic rings. The molecule has 7 heteroatoms. The number of benzene rings is 2. The second-order valence-electron chi connectivity index (χ2n) is 8.34. The highest BCUT2D eigenvalue weighted by Gasteiger charge is 2.26. The molecular formula is C26H29N3O4. The van der Waals surface area contributed by atoms with Crippen molar-refractivity contribution >= 4 is 11.8 Å². The van der Waals surface area contributed by atoms with Crippen LogP contribution in [0.3, 0.4) is 0 Å². The zero-order valence-corrected chi connectivity index (χ0v) is 19.0. The molecule has 0 spiro atoms. The van der Waals surface area contributed by atoms with Gasteiger partial charge in [-0.25, -0.2) is 4.98 Å². The van der Waals surface area contributed by atoms with Gasteiger partial charge in [-0.1, -0.05) is 42.5 Å². The second kappa shape index (κ2) is 10.4. The Morgan fingerprint density at radius 1 is 1.18 bits per heavy atom. The predicted octanol–water partition coefficient (Wildman–Crippen LogP) is 4.01. The molecule has 2 aromatic carbocycles. The fraction of sp³-hybridized carbons (Fsp3) is 0.346. The van der Waals surface area contributed by atoms with E-state index < -0.39 is 0 Å². The number of aromatic nitrogens is 1. The fourth-order valence-corrected chi connectivity index (χ4v) is 3.98. The van der Waals surface area contributed by atoms with Gasteiger partial charge in [-0.3, -0.25) is 9.59 Å². The molecule has 1 fully saturated rings. The van der Waals surface area contributed by atoms with Crippen molar-refractivity contribution in [2.24, 2.45) is 0 Å². The van der Waals surface area contributed by atoms with E-state index in [0.29, 0.717) is 31.2 Å². The number of carbonyl (C=O) groups is 2. The topological polar surface area (TPSA) is 84.7 Å². The van der Waals surface area contributed by atoms with Gasteiger partial charge in [0.1, 0.15) is 6.26 Å². The molecule has 0 bridgehead atoms. The van der Waals surface area contributed by atoms with Gasteiger partial charge in [0, 0.05) is 32.3 Å². The predicted molar refractivity (Wildman–Crippen MR) is 125 cm³/mol. The zero-order chi connectivity index (χ0) is 23.2. The van der Waals surface area contributed by atoms with Gasteiger partial charge in [-0.15, -0.1) is 0 Å². The summed E-state index contributed by atoms with van der Waals surface area (Å²) >= 11 is 0. The minimum absolute atomic E-state index is 0.0189. The molecule has 2 atom stereocenters. The largest absolute Gasteiger partial charge is 0.444 e. The van der Waals surface area contributed by atoms with E-state index in [1.807, 2.05) is 61.5 Å². The number of ether oxygens (including phenoxy) is 1. The van der Waals surface area contributed by atoms with Gasteiger partial charge in [0.25, 0.3) is 5.91 Å². The number of rotatable bonds is 7. The van der Waals surface area contributed by atoms with Gasteiger partial charge >= 0.3 is 0 Å². The third-order valence-electron chi connectivity index (χ3n) is 6.08. The number of hydrogen-bond acceptors (Lipinski definition) is 5. The van der Waals surface area contributed by atoms with Crippen molar-refractivity contribution in [2.45, 2.75) is 38.3 Å². The average molecular weight is 448 g/mol. The summed E-state index contributed by atoms with van der Waals surface area (Å²) in [7, 11) is 1.67. The molecule has 33 heavy (non-hydrogen) atoms. The van der Waals surface area contributed by atoms with Crippen LogP contribution >= 0.6 is 0 Å². The number of methoxy groups -OCH3 is 1. The molecular weight excluding hydrogens is 418 g/mol. The monoisotopic (exact) mass is 447 g/mol. The van der Waals surface area contributed by atoms with Crippen molar-refractivity contribution < 1.29 is 18.7 Å². The summed E-state index contributed by atoms with van der Waals surface area (Å²) in [6.07, 6.45) is 3.35. The number of nitrogens with zero attached hydrogens (tertiary/aromatic N) is 2. The molecule has 2 heterocycles. The van der Waals surface area contributed by atoms with Crippen molar-refractivity contribution in [3.05, 3.63) is 77.7 Å². The Morgan fingerprint density at radius 3 is 2.67 bits per heavy atom. The van der Waals surface area contributed by atoms with Crippen LogP contribution < -0.4 is 5.32 Å². The van der Waals surface area contributed by atoms with Crippen molar-refractivity contribution in [1.82, 2.24) is 15.2 Å². The highest BCUT2D eigenvalue weighted by atomic mass is 16.5. The molecule has 0 aliphatic carbocycles. The van der Waals surface area contributed by atoms with E-state index in [0.717, 1.165) is 29.5 Å². The summed E-state index contributed by atoms with van der Waals surface area (Å²) in [5.41, 5.74) is 3.03. The lowest BCUT2D eigenvalue weighted by Gasteiger charge is -2.31. The summed E-state index contributed by atoms with van der Waals surface area (Å²) in [6, 6.07) is 17.3. The van der Waals surface area contributed by atoms with Crippen LogP contribution in [0.1, 0.15) is 47.3 Å². The smallest absolute Gasteiger partial charge is 0.275 e. The summed E-state index contributed by atoms with van der Waals surface area (Å²) in [5, 5.41) is 2.98. The molecule has 1 N–H and O–H groups in total. The Balaban J connectivity index is 1.34. The molecule has 0 radical (unpaired) electrons. The van der Waals surface area contributed by atoms with Crippen LogP contribution in [0.5, 0.6) is 0 Å². The molecule has 0 saturated carbocycles. The summed E-state index contributed by atoms with van der Waals surface area (Å²) < 4.78 is 11.0. The van der Waals surface area contributed by atoms with E-state index in [1.54, 1.807) is 12.0 Å². The number of piperidine rings is 1. The van der Waals surface area contributed by atoms with Crippen molar-refractivity contribution in [3.63, 3.8) is 0 Å². The highest BCUT2D eigenvalue weighted by molar-refractivity contribution is 5.92. The maximum Gasteiger partial charge on any atom is 0.275 e. The number of amides is 2. The fourth-order valence-electron chi connectivity index (χ4n) is 3.98. The van der Waals surface area contributed by atoms with Gasteiger partial charge in [-0.05, 0) is 43.0 Å². The molecule has 2 amide bonds. The molecule has 4 rings (SSSR count). The Kier molecular flexibility index (Phi) is 7.19. The molecule has 1 aliphatic heterocycles. The van der Waals surface area contributed by atoms with Crippen molar-refractivity contribution in [3.8, 4) is 11.5 Å². The second-order valence-corrected chi connectivity index (χ2v) is 8.34. The maximum atomic E-state index is 12.8. The minimum Gasteiger partial charge on any atom is -0.444 e. The SMILES string of the molecule is COC1CCCN(C(=O)c2coc(-c3ccc(CNC(=O)C(C)c4ccccc4)cc3)n2)C1. The van der Waals surface area contributed by atoms with Crippen LogP contribution in [0.25, 0.3) is 11.5 Å². The Bertz CT molecular complexity index is 1080. The Labute approximate surface area is 193 Å². The van der Waals surface area contributed by atoms with Crippen LogP contribution in [-0.2, 0) is 16.1 Å². The lowest BCUT2D eigenvalue weighted by atomic mass is 10.0. The van der Waals surface area contributed by atoms with Crippen LogP contribution in [0, 0.1) is 0 Å². The number of likely N-dealkylation sites (tertiary alicyclic amines) is 1. The average Bonchev–Trinajstić information content (AvgIpc) is 3.37. The lowest BCUT2D eigenvalue weighted by molar-refractivity contribution is -0.122. The van der Waals surface area contributed by atoms with E-state index in [4.69, 9.17) is 9.15 Å². The van der Waals surface area contributed by atoms with Crippen LogP contribution in [0.15, 0.2) is 65.3 Å². The van der Waals surface area contributed by atoms with E-state index in [-0.39, 0.29) is 23.8 Å². The summed E-state index contributed by atoms with van der Waals surface area (Å²) in [6.45, 7) is 3.60. The first kappa shape index (κ1) is 22.7. The quantitative estimate of drug-likeness (QED) is 0.592. The molecule has 3 aromatic rings. The number of nitrogens with one attached hydrogen (secondary N) is 1. The minimum atomic E-state index is -0.215. The molecule has 172 valence electrons. The van der Waals surface area contributed by atoms with Crippen molar-refractivity contribution in [2.75, 3.05) is 20.2 Å².